The largest absolute Gasteiger partial charge is 0.494 e. The summed E-state index contributed by atoms with van der Waals surface area (Å²) in [7, 11) is 2.13. The van der Waals surface area contributed by atoms with E-state index in [4.69, 9.17) is 26.6 Å². The van der Waals surface area contributed by atoms with Crippen molar-refractivity contribution in [2.24, 2.45) is 4.99 Å². The van der Waals surface area contributed by atoms with Crippen LogP contribution in [0.25, 0.3) is 5.69 Å². The van der Waals surface area contributed by atoms with Crippen LogP contribution in [0.15, 0.2) is 94.9 Å². The van der Waals surface area contributed by atoms with Crippen LogP contribution in [-0.2, 0) is 17.2 Å². The number of aromatic nitrogens is 2. The minimum Gasteiger partial charge on any atom is -0.494 e. The van der Waals surface area contributed by atoms with E-state index in [2.05, 4.69) is 55.1 Å². The van der Waals surface area contributed by atoms with E-state index in [-0.39, 0.29) is 5.41 Å². The number of nitrogens with zero attached hydrogens (tertiary/aromatic N) is 4. The molecule has 0 aliphatic carbocycles. The molecule has 6 nitrogen and oxygen atoms in total. The number of allylic oxidation sites excluding steroid dienone is 2. The number of para-hydroxylation sites is 2. The van der Waals surface area contributed by atoms with Gasteiger partial charge in [-0.15, -0.1) is 0 Å². The predicted molar refractivity (Wildman–Crippen MR) is 167 cm³/mol. The zero-order chi connectivity index (χ0) is 27.4. The number of aliphatic imine (C=N–C) groups is 1. The first-order valence-corrected chi connectivity index (χ1v) is 16.0. The number of aryl methyl sites for hydroxylation is 1. The Morgan fingerprint density at radius 3 is 2.36 bits per heavy atom. The van der Waals surface area contributed by atoms with Crippen LogP contribution in [0.2, 0.25) is 0 Å². The molecule has 2 aliphatic rings. The van der Waals surface area contributed by atoms with Crippen LogP contribution in [0.3, 0.4) is 0 Å². The fraction of sp³-hybridized carbons (Fsp3) is 0.226. The Morgan fingerprint density at radius 1 is 0.974 bits per heavy atom. The lowest BCUT2D eigenvalue weighted by molar-refractivity contribution is 0.340. The van der Waals surface area contributed by atoms with E-state index in [0.29, 0.717) is 6.61 Å². The molecule has 0 bridgehead atoms. The number of benzene rings is 3. The number of hydrogen-bond donors (Lipinski definition) is 1. The van der Waals surface area contributed by atoms with E-state index < -0.39 is 6.19 Å². The van der Waals surface area contributed by atoms with Crippen molar-refractivity contribution in [3.05, 3.63) is 101 Å². The third kappa shape index (κ3) is 4.03. The molecule has 1 N–H and O–H groups in total. The standard InChI is InChI=1S/C31H32N5OPS/c1-6-37-24-18-16-22(17-19-24)34-38(39)27(29-31(3,4)25-14-10-11-15-26(25)35(29)5)20-32-30-28(38)21(2)33-36(30)23-12-8-7-9-13-23/h7-20H,6H2,1-5H3,(H,34,39)/b29-27-. The maximum Gasteiger partial charge on any atom is 0.166 e. The quantitative estimate of drug-likeness (QED) is 0.268. The van der Waals surface area contributed by atoms with Gasteiger partial charge in [-0.25, -0.2) is 9.67 Å². The van der Waals surface area contributed by atoms with Gasteiger partial charge >= 0.3 is 0 Å². The van der Waals surface area contributed by atoms with Crippen molar-refractivity contribution in [3.8, 4) is 11.4 Å². The average Bonchev–Trinajstić information content (AvgIpc) is 3.38. The summed E-state index contributed by atoms with van der Waals surface area (Å²) in [6.07, 6.45) is -0.660. The third-order valence-electron chi connectivity index (χ3n) is 7.53. The second kappa shape index (κ2) is 9.51. The molecular formula is C31H32N5OPS. The molecule has 0 fully saturated rings. The minimum atomic E-state index is -2.65. The van der Waals surface area contributed by atoms with Gasteiger partial charge in [-0.05, 0) is 61.9 Å². The number of hydrogen-bond acceptors (Lipinski definition) is 5. The number of likely N-dealkylation sites (N-methyl/N-ethyl adjacent to an activating group) is 1. The molecule has 0 saturated carbocycles. The second-order valence-corrected chi connectivity index (χ2v) is 14.4. The number of rotatable bonds is 5. The summed E-state index contributed by atoms with van der Waals surface area (Å²) in [5.74, 6) is 1.63. The van der Waals surface area contributed by atoms with E-state index >= 15 is 0 Å². The molecule has 8 heteroatoms. The molecule has 1 aromatic heterocycles. The van der Waals surface area contributed by atoms with Crippen molar-refractivity contribution in [1.29, 1.82) is 0 Å². The van der Waals surface area contributed by atoms with Crippen LogP contribution in [0.1, 0.15) is 32.0 Å². The van der Waals surface area contributed by atoms with E-state index in [0.717, 1.165) is 39.3 Å². The third-order valence-corrected chi connectivity index (χ3v) is 11.7. The summed E-state index contributed by atoms with van der Waals surface area (Å²) >= 11 is 6.79. The summed E-state index contributed by atoms with van der Waals surface area (Å²) in [5.41, 5.74) is 6.20. The lowest BCUT2D eigenvalue weighted by atomic mass is 9.84. The van der Waals surface area contributed by atoms with Crippen molar-refractivity contribution in [1.82, 2.24) is 9.78 Å². The maximum absolute atomic E-state index is 6.79. The molecule has 3 aromatic carbocycles. The predicted octanol–water partition coefficient (Wildman–Crippen LogP) is 7.07. The summed E-state index contributed by atoms with van der Waals surface area (Å²) in [6.45, 7) is 9.21. The lowest BCUT2D eigenvalue weighted by Gasteiger charge is -2.35. The zero-order valence-electron chi connectivity index (χ0n) is 22.8. The van der Waals surface area contributed by atoms with E-state index in [1.807, 2.05) is 79.3 Å². The smallest absolute Gasteiger partial charge is 0.166 e. The molecule has 198 valence electrons. The first kappa shape index (κ1) is 25.6. The van der Waals surface area contributed by atoms with Crippen molar-refractivity contribution in [2.45, 2.75) is 33.1 Å². The van der Waals surface area contributed by atoms with Gasteiger partial charge in [0, 0.05) is 41.1 Å². The first-order chi connectivity index (χ1) is 18.8. The highest BCUT2D eigenvalue weighted by Crippen LogP contribution is 2.62. The molecule has 0 spiro atoms. The topological polar surface area (TPSA) is 54.7 Å². The molecule has 3 heterocycles. The highest BCUT2D eigenvalue weighted by atomic mass is 32.4. The van der Waals surface area contributed by atoms with Crippen molar-refractivity contribution < 1.29 is 4.74 Å². The minimum absolute atomic E-state index is 0.252. The number of ether oxygens (including phenoxy) is 1. The first-order valence-electron chi connectivity index (χ1n) is 13.1. The number of anilines is 2. The van der Waals surface area contributed by atoms with Crippen LogP contribution < -0.4 is 20.0 Å². The highest BCUT2D eigenvalue weighted by Gasteiger charge is 2.45. The molecule has 4 aromatic rings. The zero-order valence-corrected chi connectivity index (χ0v) is 24.6. The Morgan fingerprint density at radius 2 is 1.67 bits per heavy atom. The van der Waals surface area contributed by atoms with Crippen molar-refractivity contribution >= 4 is 46.7 Å². The molecule has 1 atom stereocenters. The maximum atomic E-state index is 6.79. The van der Waals surface area contributed by atoms with Gasteiger partial charge in [-0.2, -0.15) is 5.10 Å². The van der Waals surface area contributed by atoms with E-state index in [1.165, 1.54) is 16.9 Å². The van der Waals surface area contributed by atoms with Crippen LogP contribution in [0.5, 0.6) is 5.75 Å². The number of nitrogens with one attached hydrogen (secondary N) is 1. The van der Waals surface area contributed by atoms with Gasteiger partial charge < -0.3 is 14.7 Å². The van der Waals surface area contributed by atoms with Gasteiger partial charge in [0.2, 0.25) is 0 Å². The Balaban J connectivity index is 1.59. The number of fused-ring (bicyclic) bond motifs is 2. The van der Waals surface area contributed by atoms with Crippen molar-refractivity contribution in [3.63, 3.8) is 0 Å². The fourth-order valence-electron chi connectivity index (χ4n) is 5.82. The Kier molecular flexibility index (Phi) is 6.24. The van der Waals surface area contributed by atoms with Crippen molar-refractivity contribution in [2.75, 3.05) is 23.6 Å². The molecule has 1 unspecified atom stereocenters. The van der Waals surface area contributed by atoms with Crippen LogP contribution in [0.4, 0.5) is 17.2 Å². The molecule has 39 heavy (non-hydrogen) atoms. The average molecular weight is 554 g/mol. The SMILES string of the molecule is CCOc1ccc(NP2(=S)/C(=C3\N(C)c4ccccc4C3(C)C)C=Nc3c2c(C)nn3-c2ccccc2)cc1. The lowest BCUT2D eigenvalue weighted by Crippen LogP contribution is -2.29. The van der Waals surface area contributed by atoms with E-state index in [1.54, 1.807) is 0 Å². The molecule has 0 saturated heterocycles. The molecular weight excluding hydrogens is 521 g/mol. The van der Waals surface area contributed by atoms with Crippen LogP contribution >= 0.6 is 6.19 Å². The summed E-state index contributed by atoms with van der Waals surface area (Å²) < 4.78 is 7.61. The molecule has 0 amide bonds. The monoisotopic (exact) mass is 553 g/mol. The van der Waals surface area contributed by atoms with Gasteiger partial charge in [0.25, 0.3) is 0 Å². The Bertz CT molecular complexity index is 1670. The Labute approximate surface area is 235 Å². The summed E-state index contributed by atoms with van der Waals surface area (Å²) in [5, 5.41) is 10.9. The van der Waals surface area contributed by atoms with Gasteiger partial charge in [0.05, 0.1) is 29.5 Å². The van der Waals surface area contributed by atoms with Crippen LogP contribution in [0, 0.1) is 6.92 Å². The summed E-state index contributed by atoms with van der Waals surface area (Å²) in [6, 6.07) is 26.8. The Hall–Kier alpha value is -3.67. The second-order valence-electron chi connectivity index (χ2n) is 10.4. The molecule has 6 rings (SSSR count). The van der Waals surface area contributed by atoms with E-state index in [9.17, 15) is 0 Å². The van der Waals surface area contributed by atoms with Gasteiger partial charge in [0.15, 0.2) is 5.82 Å². The summed E-state index contributed by atoms with van der Waals surface area (Å²) in [4.78, 5) is 7.34. The van der Waals surface area contributed by atoms with Gasteiger partial charge in [0.1, 0.15) is 5.75 Å². The van der Waals surface area contributed by atoms with Gasteiger partial charge in [-0.1, -0.05) is 62.1 Å². The molecule has 2 aliphatic heterocycles. The van der Waals surface area contributed by atoms with Gasteiger partial charge in [-0.3, -0.25) is 0 Å². The molecule has 0 radical (unpaired) electrons. The van der Waals surface area contributed by atoms with Crippen LogP contribution in [-0.4, -0.2) is 29.6 Å². The normalized spacial score (nSPS) is 21.0. The highest BCUT2D eigenvalue weighted by molar-refractivity contribution is 8.21. The fourth-order valence-corrected chi connectivity index (χ4v) is 10.0.